The number of hydrogen-bond donors (Lipinski definition) is 0. The second-order valence-corrected chi connectivity index (χ2v) is 8.06. The molecule has 0 radical (unpaired) electrons. The number of Topliss-reactive ketones (excluding diaryl/α,β-unsaturated/α-hetero) is 1. The molecular formula is C22H20N2O7. The summed E-state index contributed by atoms with van der Waals surface area (Å²) in [6.45, 7) is 4.81. The van der Waals surface area contributed by atoms with E-state index in [0.717, 1.165) is 11.6 Å². The number of imide groups is 1. The Bertz CT molecular complexity index is 1100. The van der Waals surface area contributed by atoms with Crippen molar-refractivity contribution < 1.29 is 28.8 Å². The number of carbonyl (C=O) groups is 4. The first-order valence-corrected chi connectivity index (χ1v) is 9.43. The van der Waals surface area contributed by atoms with Gasteiger partial charge in [-0.15, -0.1) is 0 Å². The second-order valence-electron chi connectivity index (χ2n) is 8.06. The molecule has 9 heteroatoms. The van der Waals surface area contributed by atoms with Gasteiger partial charge >= 0.3 is 5.97 Å². The van der Waals surface area contributed by atoms with Crippen molar-refractivity contribution in [3.05, 3.63) is 74.8 Å². The predicted octanol–water partition coefficient (Wildman–Crippen LogP) is 2.91. The fourth-order valence-electron chi connectivity index (χ4n) is 3.17. The van der Waals surface area contributed by atoms with Gasteiger partial charge in [0, 0.05) is 11.6 Å². The van der Waals surface area contributed by atoms with Crippen molar-refractivity contribution in [1.82, 2.24) is 4.90 Å². The Hall–Kier alpha value is -3.88. The molecule has 0 N–H and O–H groups in total. The monoisotopic (exact) mass is 424 g/mol. The van der Waals surface area contributed by atoms with Gasteiger partial charge in [-0.25, -0.2) is 0 Å². The van der Waals surface area contributed by atoms with Crippen LogP contribution in [0.3, 0.4) is 0 Å². The molecule has 2 aromatic rings. The van der Waals surface area contributed by atoms with Crippen LogP contribution in [0.4, 0.5) is 5.69 Å². The summed E-state index contributed by atoms with van der Waals surface area (Å²) < 4.78 is 4.92. The minimum Gasteiger partial charge on any atom is -0.456 e. The molecule has 9 nitrogen and oxygen atoms in total. The van der Waals surface area contributed by atoms with Crippen molar-refractivity contribution in [2.75, 3.05) is 13.2 Å². The van der Waals surface area contributed by atoms with Crippen LogP contribution in [0.2, 0.25) is 0 Å². The number of nitrogens with zero attached hydrogens (tertiary/aromatic N) is 2. The van der Waals surface area contributed by atoms with E-state index in [1.807, 2.05) is 32.9 Å². The Kier molecular flexibility index (Phi) is 5.70. The van der Waals surface area contributed by atoms with Gasteiger partial charge in [-0.05, 0) is 17.0 Å². The normalized spacial score (nSPS) is 13.2. The molecule has 0 fully saturated rings. The molecule has 0 saturated carbocycles. The number of ether oxygens (including phenoxy) is 1. The van der Waals surface area contributed by atoms with Crippen LogP contribution < -0.4 is 0 Å². The van der Waals surface area contributed by atoms with E-state index in [4.69, 9.17) is 4.74 Å². The molecule has 1 heterocycles. The van der Waals surface area contributed by atoms with Gasteiger partial charge in [0.25, 0.3) is 17.5 Å². The Labute approximate surface area is 177 Å². The van der Waals surface area contributed by atoms with E-state index >= 15 is 0 Å². The molecular weight excluding hydrogens is 404 g/mol. The zero-order valence-electron chi connectivity index (χ0n) is 17.2. The molecule has 31 heavy (non-hydrogen) atoms. The van der Waals surface area contributed by atoms with E-state index in [2.05, 4.69) is 0 Å². The first-order chi connectivity index (χ1) is 14.5. The summed E-state index contributed by atoms with van der Waals surface area (Å²) in [7, 11) is 0. The van der Waals surface area contributed by atoms with Gasteiger partial charge in [-0.1, -0.05) is 51.1 Å². The summed E-state index contributed by atoms with van der Waals surface area (Å²) in [6, 6.07) is 10.6. The van der Waals surface area contributed by atoms with Crippen molar-refractivity contribution in [2.24, 2.45) is 0 Å². The minimum atomic E-state index is -0.975. The van der Waals surface area contributed by atoms with Crippen molar-refractivity contribution in [1.29, 1.82) is 0 Å². The number of ketones is 1. The average Bonchev–Trinajstić information content (AvgIpc) is 2.96. The summed E-state index contributed by atoms with van der Waals surface area (Å²) in [6.07, 6.45) is 0. The largest absolute Gasteiger partial charge is 0.456 e. The van der Waals surface area contributed by atoms with Crippen LogP contribution >= 0.6 is 0 Å². The van der Waals surface area contributed by atoms with Gasteiger partial charge in [0.05, 0.1) is 10.5 Å². The van der Waals surface area contributed by atoms with E-state index < -0.39 is 47.3 Å². The van der Waals surface area contributed by atoms with Crippen molar-refractivity contribution in [3.63, 3.8) is 0 Å². The van der Waals surface area contributed by atoms with E-state index in [-0.39, 0.29) is 16.5 Å². The summed E-state index contributed by atoms with van der Waals surface area (Å²) in [5, 5.41) is 11.1. The number of hydrogen-bond acceptors (Lipinski definition) is 7. The van der Waals surface area contributed by atoms with Crippen LogP contribution in [0.25, 0.3) is 0 Å². The zero-order valence-corrected chi connectivity index (χ0v) is 17.2. The van der Waals surface area contributed by atoms with Gasteiger partial charge in [0.2, 0.25) is 0 Å². The Balaban J connectivity index is 1.63. The first kappa shape index (κ1) is 21.8. The quantitative estimate of drug-likeness (QED) is 0.230. The summed E-state index contributed by atoms with van der Waals surface area (Å²) in [4.78, 5) is 60.2. The lowest BCUT2D eigenvalue weighted by atomic mass is 9.86. The number of nitro groups is 1. The minimum absolute atomic E-state index is 0.0739. The number of benzene rings is 2. The van der Waals surface area contributed by atoms with Gasteiger partial charge in [0.1, 0.15) is 12.1 Å². The number of esters is 1. The van der Waals surface area contributed by atoms with Crippen LogP contribution in [0.15, 0.2) is 42.5 Å². The van der Waals surface area contributed by atoms with Gasteiger partial charge < -0.3 is 4.74 Å². The van der Waals surface area contributed by atoms with Crippen LogP contribution in [-0.4, -0.2) is 46.5 Å². The number of carbonyl (C=O) groups excluding carboxylic acids is 4. The molecule has 160 valence electrons. The van der Waals surface area contributed by atoms with Crippen molar-refractivity contribution >= 4 is 29.3 Å². The van der Waals surface area contributed by atoms with Gasteiger partial charge in [-0.2, -0.15) is 0 Å². The highest BCUT2D eigenvalue weighted by atomic mass is 16.6. The lowest BCUT2D eigenvalue weighted by Gasteiger charge is -2.19. The lowest BCUT2D eigenvalue weighted by Crippen LogP contribution is -2.36. The highest BCUT2D eigenvalue weighted by Gasteiger charge is 2.42. The fourth-order valence-corrected chi connectivity index (χ4v) is 3.17. The molecule has 1 aliphatic rings. The molecule has 0 atom stereocenters. The smallest absolute Gasteiger partial charge is 0.326 e. The molecule has 0 spiro atoms. The standard InChI is InChI=1S/C22H20N2O7/c1-22(2,3)14-9-7-13(8-10-14)17(25)12-31-18(26)11-23-20(27)15-5-4-6-16(24(29)30)19(15)21(23)28/h4-10H,11-12H2,1-3H3. The van der Waals surface area contributed by atoms with Crippen LogP contribution in [0.5, 0.6) is 0 Å². The summed E-state index contributed by atoms with van der Waals surface area (Å²) in [5.41, 5.74) is 0.302. The van der Waals surface area contributed by atoms with Crippen LogP contribution in [0.1, 0.15) is 57.4 Å². The molecule has 0 unspecified atom stereocenters. The third kappa shape index (κ3) is 4.35. The molecule has 2 amide bonds. The van der Waals surface area contributed by atoms with Gasteiger partial charge in [-0.3, -0.25) is 34.2 Å². The highest BCUT2D eigenvalue weighted by molar-refractivity contribution is 6.24. The Morgan fingerprint density at radius 1 is 1.03 bits per heavy atom. The molecule has 3 rings (SSSR count). The summed E-state index contributed by atoms with van der Waals surface area (Å²) >= 11 is 0. The SMILES string of the molecule is CC(C)(C)c1ccc(C(=O)COC(=O)CN2C(=O)c3cccc([N+](=O)[O-])c3C2=O)cc1. The van der Waals surface area contributed by atoms with Crippen molar-refractivity contribution in [2.45, 2.75) is 26.2 Å². The molecule has 0 aliphatic carbocycles. The average molecular weight is 424 g/mol. The molecule has 0 saturated heterocycles. The second kappa shape index (κ2) is 8.10. The zero-order chi connectivity index (χ0) is 22.9. The van der Waals surface area contributed by atoms with Crippen molar-refractivity contribution in [3.8, 4) is 0 Å². The van der Waals surface area contributed by atoms with Crippen LogP contribution in [0, 0.1) is 10.1 Å². The number of rotatable bonds is 6. The van der Waals surface area contributed by atoms with E-state index in [9.17, 15) is 29.3 Å². The number of amides is 2. The maximum Gasteiger partial charge on any atom is 0.326 e. The third-order valence-electron chi connectivity index (χ3n) is 4.90. The third-order valence-corrected chi connectivity index (χ3v) is 4.90. The lowest BCUT2D eigenvalue weighted by molar-refractivity contribution is -0.385. The number of nitro benzene ring substituents is 1. The fraction of sp³-hybridized carbons (Fsp3) is 0.273. The molecule has 1 aliphatic heterocycles. The maximum atomic E-state index is 12.5. The Morgan fingerprint density at radius 2 is 1.68 bits per heavy atom. The first-order valence-electron chi connectivity index (χ1n) is 9.43. The topological polar surface area (TPSA) is 124 Å². The van der Waals surface area contributed by atoms with E-state index in [0.29, 0.717) is 10.5 Å². The Morgan fingerprint density at radius 3 is 2.26 bits per heavy atom. The van der Waals surface area contributed by atoms with Crippen LogP contribution in [-0.2, 0) is 14.9 Å². The molecule has 0 bridgehead atoms. The molecule has 2 aromatic carbocycles. The summed E-state index contributed by atoms with van der Waals surface area (Å²) in [5.74, 6) is -3.19. The van der Waals surface area contributed by atoms with E-state index in [1.165, 1.54) is 12.1 Å². The predicted molar refractivity (Wildman–Crippen MR) is 109 cm³/mol. The maximum absolute atomic E-state index is 12.5. The molecule has 0 aromatic heterocycles. The van der Waals surface area contributed by atoms with E-state index in [1.54, 1.807) is 12.1 Å². The van der Waals surface area contributed by atoms with Gasteiger partial charge in [0.15, 0.2) is 12.4 Å². The highest BCUT2D eigenvalue weighted by Crippen LogP contribution is 2.30. The number of fused-ring (bicyclic) bond motifs is 1.